The number of ether oxygens (including phenoxy) is 1. The minimum absolute atomic E-state index is 0.0623. The number of hydrogen-bond donors (Lipinski definition) is 2. The summed E-state index contributed by atoms with van der Waals surface area (Å²) in [6.45, 7) is 0.840. The summed E-state index contributed by atoms with van der Waals surface area (Å²) in [5.74, 6) is -1.99. The van der Waals surface area contributed by atoms with Gasteiger partial charge in [-0.15, -0.1) is 11.3 Å². The van der Waals surface area contributed by atoms with Crippen LogP contribution in [0.1, 0.15) is 59.7 Å². The Morgan fingerprint density at radius 1 is 1.08 bits per heavy atom. The number of nitrogens with one attached hydrogen (secondary N) is 1. The first kappa shape index (κ1) is 37.0. The van der Waals surface area contributed by atoms with Gasteiger partial charge in [0.15, 0.2) is 11.4 Å². The van der Waals surface area contributed by atoms with Gasteiger partial charge in [0.2, 0.25) is 21.7 Å². The molecule has 1 fully saturated rings. The van der Waals surface area contributed by atoms with Crippen LogP contribution in [0.3, 0.4) is 0 Å². The molecule has 14 heteroatoms. The molecule has 0 radical (unpaired) electrons. The number of nitrogens with zero attached hydrogens (tertiary/aromatic N) is 2. The molecule has 3 N–H and O–H groups in total. The molecule has 1 saturated heterocycles. The fourth-order valence-corrected chi connectivity index (χ4v) is 8.28. The summed E-state index contributed by atoms with van der Waals surface area (Å²) >= 11 is 4.99. The van der Waals surface area contributed by atoms with Crippen LogP contribution in [0.4, 0.5) is 0 Å². The highest BCUT2D eigenvalue weighted by atomic mass is 79.9. The van der Waals surface area contributed by atoms with Crippen molar-refractivity contribution in [2.75, 3.05) is 19.3 Å². The zero-order valence-corrected chi connectivity index (χ0v) is 30.5. The van der Waals surface area contributed by atoms with Crippen LogP contribution >= 0.6 is 27.3 Å². The van der Waals surface area contributed by atoms with Gasteiger partial charge >= 0.3 is 0 Å². The molecule has 4 atom stereocenters. The molecule has 1 aliphatic rings. The number of sulfonamides is 1. The maximum Gasteiger partial charge on any atom is 0.264 e. The zero-order chi connectivity index (χ0) is 35.0. The largest absolute Gasteiger partial charge is 0.434 e. The van der Waals surface area contributed by atoms with Gasteiger partial charge in [-0.1, -0.05) is 48.9 Å². The molecule has 0 aliphatic carbocycles. The number of amides is 1. The Kier molecular flexibility index (Phi) is 12.9. The van der Waals surface area contributed by atoms with Crippen molar-refractivity contribution in [3.8, 4) is 0 Å². The highest BCUT2D eigenvalue weighted by Crippen LogP contribution is 2.30. The number of thiophene rings is 1. The number of hydrogen-bond acceptors (Lipinski definition) is 10. The Bertz CT molecular complexity index is 1810. The Hall–Kier alpha value is -3.27. The van der Waals surface area contributed by atoms with Crippen molar-refractivity contribution in [3.63, 3.8) is 0 Å². The second-order valence-electron chi connectivity index (χ2n) is 12.4. The first-order valence-corrected chi connectivity index (χ1v) is 19.8. The predicted octanol–water partition coefficient (Wildman–Crippen LogP) is 5.28. The molecule has 2 aromatic carbocycles. The second kappa shape index (κ2) is 17.1. The van der Waals surface area contributed by atoms with Gasteiger partial charge in [-0.3, -0.25) is 14.4 Å². The van der Waals surface area contributed by atoms with Gasteiger partial charge in [-0.25, -0.2) is 18.1 Å². The number of aryl methyl sites for hydroxylation is 1. The van der Waals surface area contributed by atoms with Gasteiger partial charge in [0.25, 0.3) is 5.89 Å². The van der Waals surface area contributed by atoms with E-state index in [-0.39, 0.29) is 43.3 Å². The molecule has 0 unspecified atom stereocenters. The topological polar surface area (TPSA) is 162 Å². The van der Waals surface area contributed by atoms with Crippen molar-refractivity contribution in [2.45, 2.75) is 69.7 Å². The van der Waals surface area contributed by atoms with E-state index in [0.717, 1.165) is 20.5 Å². The third kappa shape index (κ3) is 10.4. The molecule has 5 rings (SSSR count). The van der Waals surface area contributed by atoms with Crippen molar-refractivity contribution in [1.29, 1.82) is 0 Å². The van der Waals surface area contributed by atoms with Crippen LogP contribution in [0.2, 0.25) is 0 Å². The van der Waals surface area contributed by atoms with Crippen molar-refractivity contribution in [1.82, 2.24) is 14.6 Å². The van der Waals surface area contributed by atoms with Crippen LogP contribution in [-0.4, -0.2) is 73.3 Å². The lowest BCUT2D eigenvalue weighted by atomic mass is 9.89. The molecule has 11 nitrogen and oxygen atoms in total. The van der Waals surface area contributed by atoms with Gasteiger partial charge in [0, 0.05) is 30.2 Å². The Morgan fingerprint density at radius 3 is 2.53 bits per heavy atom. The molecule has 1 amide bonds. The number of likely N-dealkylation sites (tertiary alicyclic amines) is 1. The van der Waals surface area contributed by atoms with E-state index in [4.69, 9.17) is 14.9 Å². The van der Waals surface area contributed by atoms with Crippen LogP contribution < -0.4 is 10.5 Å². The van der Waals surface area contributed by atoms with Crippen LogP contribution in [0, 0.1) is 5.92 Å². The summed E-state index contributed by atoms with van der Waals surface area (Å²) in [5.41, 5.74) is 7.70. The van der Waals surface area contributed by atoms with E-state index in [9.17, 15) is 22.8 Å². The molecule has 0 bridgehead atoms. The number of aromatic nitrogens is 1. The molecule has 1 aliphatic heterocycles. The average molecular weight is 774 g/mol. The monoisotopic (exact) mass is 772 g/mol. The highest BCUT2D eigenvalue weighted by Gasteiger charge is 2.43. The maximum absolute atomic E-state index is 14.2. The molecule has 2 aromatic heterocycles. The lowest BCUT2D eigenvalue weighted by molar-refractivity contribution is -0.139. The van der Waals surface area contributed by atoms with Crippen molar-refractivity contribution in [2.24, 2.45) is 11.7 Å². The maximum atomic E-state index is 14.2. The number of oxazole rings is 1. The first-order chi connectivity index (χ1) is 23.5. The van der Waals surface area contributed by atoms with Crippen LogP contribution in [0.25, 0.3) is 11.1 Å². The smallest absolute Gasteiger partial charge is 0.264 e. The van der Waals surface area contributed by atoms with Crippen molar-refractivity contribution in [3.05, 3.63) is 86.8 Å². The molecule has 0 spiro atoms. The Labute approximate surface area is 298 Å². The number of ketones is 2. The third-order valence-corrected chi connectivity index (χ3v) is 10.9. The summed E-state index contributed by atoms with van der Waals surface area (Å²) < 4.78 is 40.3. The van der Waals surface area contributed by atoms with E-state index in [1.807, 2.05) is 42.5 Å². The predicted molar refractivity (Wildman–Crippen MR) is 192 cm³/mol. The Morgan fingerprint density at radius 2 is 1.84 bits per heavy atom. The lowest BCUT2D eigenvalue weighted by Crippen LogP contribution is -2.52. The van der Waals surface area contributed by atoms with Gasteiger partial charge < -0.3 is 19.8 Å². The number of fused-ring (bicyclic) bond motifs is 1. The third-order valence-electron chi connectivity index (χ3n) is 8.56. The standard InChI is InChI=1S/C35H41BrN4O7S2/c1-49(44,45)39-28(16-14-23-9-3-2-4-10-23)35(43)40-21-25(46-22-26-15-17-32(36)48-26)20-29(40)30(41)19-24(11-7-8-18-37)33(42)34-38-27-12-5-6-13-31(27)47-34/h2-6,9-10,12-13,15,17,24-25,28-29,39H,7-8,11,14,16,18-22,37H2,1H3/t24-,25-,28-,29+/m1/s1. The van der Waals surface area contributed by atoms with Gasteiger partial charge in [-0.05, 0) is 78.0 Å². The summed E-state index contributed by atoms with van der Waals surface area (Å²) in [4.78, 5) is 49.0. The number of rotatable bonds is 18. The van der Waals surface area contributed by atoms with Crippen molar-refractivity contribution < 1.29 is 32.0 Å². The lowest BCUT2D eigenvalue weighted by Gasteiger charge is -2.29. The zero-order valence-electron chi connectivity index (χ0n) is 27.3. The number of para-hydroxylation sites is 2. The van der Waals surface area contributed by atoms with E-state index < -0.39 is 40.0 Å². The second-order valence-corrected chi connectivity index (χ2v) is 16.7. The van der Waals surface area contributed by atoms with Crippen molar-refractivity contribution >= 4 is 65.9 Å². The van der Waals surface area contributed by atoms with Crippen LogP contribution in [0.15, 0.2) is 74.9 Å². The Balaban J connectivity index is 1.38. The molecular formula is C35H41BrN4O7S2. The summed E-state index contributed by atoms with van der Waals surface area (Å²) in [7, 11) is -3.77. The normalized spacial score (nSPS) is 17.7. The van der Waals surface area contributed by atoms with Gasteiger partial charge in [-0.2, -0.15) is 0 Å². The van der Waals surface area contributed by atoms with E-state index >= 15 is 0 Å². The molecular weight excluding hydrogens is 732 g/mol. The van der Waals surface area contributed by atoms with E-state index in [2.05, 4.69) is 25.6 Å². The van der Waals surface area contributed by atoms with E-state index in [0.29, 0.717) is 49.9 Å². The van der Waals surface area contributed by atoms with E-state index in [1.165, 1.54) is 16.2 Å². The van der Waals surface area contributed by atoms with Gasteiger partial charge in [0.05, 0.1) is 28.8 Å². The summed E-state index contributed by atoms with van der Waals surface area (Å²) in [6.07, 6.45) is 2.94. The summed E-state index contributed by atoms with van der Waals surface area (Å²) in [5, 5.41) is 0. The summed E-state index contributed by atoms with van der Waals surface area (Å²) in [6, 6.07) is 18.4. The number of halogens is 1. The SMILES string of the molecule is CS(=O)(=O)N[C@H](CCc1ccccc1)C(=O)N1C[C@H](OCc2ccc(Br)s2)C[C@H]1C(=O)C[C@@H](CCCCN)C(=O)c1nc2ccccc2o1. The molecule has 262 valence electrons. The first-order valence-electron chi connectivity index (χ1n) is 16.3. The number of unbranched alkanes of at least 4 members (excludes halogenated alkanes) is 1. The van der Waals surface area contributed by atoms with Gasteiger partial charge in [0.1, 0.15) is 11.6 Å². The molecule has 49 heavy (non-hydrogen) atoms. The molecule has 0 saturated carbocycles. The van der Waals surface area contributed by atoms with Crippen LogP contribution in [0.5, 0.6) is 0 Å². The van der Waals surface area contributed by atoms with Crippen LogP contribution in [-0.2, 0) is 37.4 Å². The number of carbonyl (C=O) groups excluding carboxylic acids is 3. The molecule has 4 aromatic rings. The molecule has 3 heterocycles. The number of carbonyl (C=O) groups is 3. The van der Waals surface area contributed by atoms with E-state index in [1.54, 1.807) is 24.3 Å². The quantitative estimate of drug-likeness (QED) is 0.101. The number of nitrogens with two attached hydrogens (primary N) is 1. The average Bonchev–Trinajstić information content (AvgIpc) is 3.83. The fraction of sp³-hybridized carbons (Fsp3) is 0.429. The fourth-order valence-electron chi connectivity index (χ4n) is 6.14. The highest BCUT2D eigenvalue weighted by molar-refractivity contribution is 9.11. The minimum Gasteiger partial charge on any atom is -0.434 e. The number of benzene rings is 2. The number of Topliss-reactive ketones (excluding diaryl/α,β-unsaturated/α-hetero) is 2. The minimum atomic E-state index is -3.77.